The van der Waals surface area contributed by atoms with Gasteiger partial charge in [0.25, 0.3) is 0 Å². The smallest absolute Gasteiger partial charge is 0.338 e. The number of hydrogen-bond acceptors (Lipinski definition) is 7. The predicted molar refractivity (Wildman–Crippen MR) is 84.3 cm³/mol. The first kappa shape index (κ1) is 14.7. The maximum absolute atomic E-state index is 12.5. The van der Waals surface area contributed by atoms with Gasteiger partial charge in [-0.2, -0.15) is 0 Å². The van der Waals surface area contributed by atoms with Crippen LogP contribution in [0.25, 0.3) is 0 Å². The molecule has 0 aromatic heterocycles. The van der Waals surface area contributed by atoms with E-state index in [1.54, 1.807) is 13.2 Å². The van der Waals surface area contributed by atoms with E-state index in [0.717, 1.165) is 5.56 Å². The van der Waals surface area contributed by atoms with Gasteiger partial charge in [0.15, 0.2) is 11.5 Å². The van der Waals surface area contributed by atoms with Gasteiger partial charge in [0.2, 0.25) is 6.79 Å². The Morgan fingerprint density at radius 2 is 2.12 bits per heavy atom. The second kappa shape index (κ2) is 4.95. The zero-order valence-electron chi connectivity index (χ0n) is 13.5. The molecular formula is C17H16N2O6. The van der Waals surface area contributed by atoms with Gasteiger partial charge in [-0.3, -0.25) is 5.01 Å². The highest BCUT2D eigenvalue weighted by molar-refractivity contribution is 5.94. The molecule has 3 heterocycles. The van der Waals surface area contributed by atoms with Crippen molar-refractivity contribution in [3.63, 3.8) is 0 Å². The summed E-state index contributed by atoms with van der Waals surface area (Å²) in [5.74, 6) is 0.706. The number of fused-ring (bicyclic) bond motifs is 2. The molecule has 25 heavy (non-hydrogen) atoms. The Labute approximate surface area is 143 Å². The molecule has 0 amide bonds. The third kappa shape index (κ3) is 1.77. The van der Waals surface area contributed by atoms with E-state index < -0.39 is 17.5 Å². The highest BCUT2D eigenvalue weighted by atomic mass is 16.7. The van der Waals surface area contributed by atoms with Crippen molar-refractivity contribution in [1.82, 2.24) is 5.01 Å². The summed E-state index contributed by atoms with van der Waals surface area (Å²) in [6.07, 6.45) is 3.95. The molecule has 8 nitrogen and oxygen atoms in total. The van der Waals surface area contributed by atoms with E-state index in [2.05, 4.69) is 5.29 Å². The van der Waals surface area contributed by atoms with Crippen LogP contribution in [0.4, 0.5) is 0 Å². The van der Waals surface area contributed by atoms with Crippen molar-refractivity contribution in [2.45, 2.75) is 30.1 Å². The fourth-order valence-corrected chi connectivity index (χ4v) is 4.51. The number of nitrogens with zero attached hydrogens (tertiary/aromatic N) is 2. The van der Waals surface area contributed by atoms with Crippen molar-refractivity contribution in [3.8, 4) is 11.5 Å². The fourth-order valence-electron chi connectivity index (χ4n) is 4.51. The zero-order chi connectivity index (χ0) is 17.2. The lowest BCUT2D eigenvalue weighted by Crippen LogP contribution is -2.52. The molecule has 1 saturated heterocycles. The van der Waals surface area contributed by atoms with Crippen molar-refractivity contribution >= 4 is 5.97 Å². The molecule has 8 heteroatoms. The van der Waals surface area contributed by atoms with E-state index in [4.69, 9.17) is 18.9 Å². The zero-order valence-corrected chi connectivity index (χ0v) is 13.5. The van der Waals surface area contributed by atoms with Gasteiger partial charge in [0.1, 0.15) is 6.10 Å². The molecule has 1 aromatic carbocycles. The first-order chi connectivity index (χ1) is 12.2. The van der Waals surface area contributed by atoms with Crippen LogP contribution in [-0.2, 0) is 14.9 Å². The van der Waals surface area contributed by atoms with Crippen LogP contribution in [0.3, 0.4) is 0 Å². The summed E-state index contributed by atoms with van der Waals surface area (Å²) < 4.78 is 22.0. The summed E-state index contributed by atoms with van der Waals surface area (Å²) in [5, 5.41) is 4.64. The molecule has 5 rings (SSSR count). The van der Waals surface area contributed by atoms with Crippen LogP contribution < -0.4 is 9.47 Å². The fraction of sp³-hybridized carbons (Fsp3) is 0.471. The average Bonchev–Trinajstić information content (AvgIpc) is 3.22. The molecule has 0 bridgehead atoms. The Morgan fingerprint density at radius 3 is 2.88 bits per heavy atom. The van der Waals surface area contributed by atoms with Gasteiger partial charge in [0, 0.05) is 13.5 Å². The average molecular weight is 344 g/mol. The molecule has 0 radical (unpaired) electrons. The number of nitroso groups, excluding NO2 is 1. The molecule has 1 aliphatic carbocycles. The van der Waals surface area contributed by atoms with Crippen molar-refractivity contribution in [2.24, 2.45) is 5.29 Å². The predicted octanol–water partition coefficient (Wildman–Crippen LogP) is 1.53. The normalized spacial score (nSPS) is 34.2. The number of methoxy groups -OCH3 is 1. The lowest BCUT2D eigenvalue weighted by molar-refractivity contribution is 0.0118. The molecule has 0 N–H and O–H groups in total. The first-order valence-corrected chi connectivity index (χ1v) is 8.14. The summed E-state index contributed by atoms with van der Waals surface area (Å²) in [7, 11) is 1.63. The van der Waals surface area contributed by atoms with Crippen molar-refractivity contribution in [2.75, 3.05) is 20.4 Å². The molecule has 130 valence electrons. The maximum Gasteiger partial charge on any atom is 0.338 e. The van der Waals surface area contributed by atoms with E-state index in [-0.39, 0.29) is 25.5 Å². The van der Waals surface area contributed by atoms with Gasteiger partial charge in [-0.25, -0.2) is 4.79 Å². The number of hydrogen-bond donors (Lipinski definition) is 0. The van der Waals surface area contributed by atoms with E-state index in [1.165, 1.54) is 5.01 Å². The largest absolute Gasteiger partial charge is 0.455 e. The number of carbonyl (C=O) groups excluding carboxylic acids is 1. The van der Waals surface area contributed by atoms with Crippen LogP contribution >= 0.6 is 0 Å². The number of esters is 1. The van der Waals surface area contributed by atoms with Gasteiger partial charge in [-0.05, 0) is 17.7 Å². The molecule has 3 aliphatic heterocycles. The molecule has 1 spiro atoms. The second-order valence-corrected chi connectivity index (χ2v) is 6.67. The minimum absolute atomic E-state index is 0.117. The summed E-state index contributed by atoms with van der Waals surface area (Å²) in [4.78, 5) is 23.9. The van der Waals surface area contributed by atoms with Gasteiger partial charge in [-0.15, -0.1) is 4.91 Å². The second-order valence-electron chi connectivity index (χ2n) is 6.67. The molecule has 4 unspecified atom stereocenters. The van der Waals surface area contributed by atoms with Crippen LogP contribution in [0.15, 0.2) is 29.6 Å². The van der Waals surface area contributed by atoms with Gasteiger partial charge in [-0.1, -0.05) is 12.2 Å². The standard InChI is InChI=1S/C17H16N2O6/c1-22-9-2-3-17-11-6-13-12(23-8-24-13)5-10(11)16(20)25-15(17)7-19(18-21)14(17)4-9/h2-3,5-6,9,14-15H,4,7-8H2,1H3. The maximum atomic E-state index is 12.5. The minimum Gasteiger partial charge on any atom is -0.455 e. The Bertz CT molecular complexity index is 809. The summed E-state index contributed by atoms with van der Waals surface area (Å²) in [6.45, 7) is 0.380. The van der Waals surface area contributed by atoms with Crippen molar-refractivity contribution in [1.29, 1.82) is 0 Å². The Balaban J connectivity index is 1.74. The number of benzene rings is 1. The number of carbonyl (C=O) groups is 1. The van der Waals surface area contributed by atoms with Crippen LogP contribution in [0, 0.1) is 4.91 Å². The van der Waals surface area contributed by atoms with Crippen LogP contribution in [0.2, 0.25) is 0 Å². The Morgan fingerprint density at radius 1 is 1.32 bits per heavy atom. The van der Waals surface area contributed by atoms with Gasteiger partial charge >= 0.3 is 5.97 Å². The third-order valence-electron chi connectivity index (χ3n) is 5.70. The molecular weight excluding hydrogens is 328 g/mol. The first-order valence-electron chi connectivity index (χ1n) is 8.14. The topological polar surface area (TPSA) is 86.7 Å². The summed E-state index contributed by atoms with van der Waals surface area (Å²) >= 11 is 0. The Hall–Kier alpha value is -2.61. The van der Waals surface area contributed by atoms with E-state index in [0.29, 0.717) is 23.5 Å². The monoisotopic (exact) mass is 344 g/mol. The molecule has 1 aromatic rings. The quantitative estimate of drug-likeness (QED) is 0.457. The molecule has 4 aliphatic rings. The number of ether oxygens (including phenoxy) is 4. The van der Waals surface area contributed by atoms with Crippen molar-refractivity contribution in [3.05, 3.63) is 40.3 Å². The summed E-state index contributed by atoms with van der Waals surface area (Å²) in [6, 6.07) is 3.25. The minimum atomic E-state index is -0.646. The van der Waals surface area contributed by atoms with Crippen LogP contribution in [-0.4, -0.2) is 49.7 Å². The lowest BCUT2D eigenvalue weighted by atomic mass is 9.65. The van der Waals surface area contributed by atoms with Gasteiger partial charge in [0.05, 0.1) is 35.0 Å². The van der Waals surface area contributed by atoms with E-state index >= 15 is 0 Å². The highest BCUT2D eigenvalue weighted by Crippen LogP contribution is 2.53. The van der Waals surface area contributed by atoms with Crippen LogP contribution in [0.5, 0.6) is 11.5 Å². The van der Waals surface area contributed by atoms with E-state index in [1.807, 2.05) is 18.2 Å². The molecule has 4 atom stereocenters. The van der Waals surface area contributed by atoms with E-state index in [9.17, 15) is 9.70 Å². The SMILES string of the molecule is COC1C=CC23c4cc5c(cc4C(=O)OC2CN(N=O)C3C1)OCO5. The molecule has 0 saturated carbocycles. The molecule has 1 fully saturated rings. The number of rotatable bonds is 2. The van der Waals surface area contributed by atoms with Gasteiger partial charge < -0.3 is 18.9 Å². The Kier molecular flexibility index (Phi) is 2.91. The van der Waals surface area contributed by atoms with Crippen molar-refractivity contribution < 1.29 is 23.7 Å². The lowest BCUT2D eigenvalue weighted by Gasteiger charge is -2.44. The summed E-state index contributed by atoms with van der Waals surface area (Å²) in [5.41, 5.74) is 0.589. The highest BCUT2D eigenvalue weighted by Gasteiger charge is 2.61. The third-order valence-corrected chi connectivity index (χ3v) is 5.70. The van der Waals surface area contributed by atoms with Crippen LogP contribution in [0.1, 0.15) is 22.3 Å².